The lowest BCUT2D eigenvalue weighted by Crippen LogP contribution is -2.48. The molecule has 146 valence electrons. The lowest BCUT2D eigenvalue weighted by Gasteiger charge is -2.28. The Labute approximate surface area is 165 Å². The molecule has 3 aromatic rings. The third-order valence-corrected chi connectivity index (χ3v) is 5.14. The number of fused-ring (bicyclic) bond motifs is 1. The Morgan fingerprint density at radius 3 is 3.07 bits per heavy atom. The molecule has 1 fully saturated rings. The average Bonchev–Trinajstić information content (AvgIpc) is 3.03. The minimum absolute atomic E-state index is 0.191. The van der Waals surface area contributed by atoms with E-state index in [9.17, 15) is 14.3 Å². The van der Waals surface area contributed by atoms with Crippen LogP contribution in [-0.2, 0) is 11.3 Å². The van der Waals surface area contributed by atoms with Crippen LogP contribution in [0.3, 0.4) is 0 Å². The zero-order chi connectivity index (χ0) is 19.7. The Kier molecular flexibility index (Phi) is 5.30. The van der Waals surface area contributed by atoms with Crippen LogP contribution >= 0.6 is 11.6 Å². The smallest absolute Gasteiger partial charge is 0.255 e. The van der Waals surface area contributed by atoms with E-state index >= 15 is 0 Å². The van der Waals surface area contributed by atoms with Gasteiger partial charge in [-0.25, -0.2) is 4.39 Å². The molecule has 2 N–H and O–H groups in total. The van der Waals surface area contributed by atoms with Crippen LogP contribution in [0.5, 0.6) is 0 Å². The highest BCUT2D eigenvalue weighted by Gasteiger charge is 2.27. The van der Waals surface area contributed by atoms with E-state index in [4.69, 9.17) is 16.3 Å². The maximum absolute atomic E-state index is 13.5. The standard InChI is InChI=1S/C20H19ClFN3O3/c21-15-4-6-23-18-14(20(27)24-16-5-7-28-11-17(16)26)10-25(19(15)18)9-12-2-1-3-13(22)8-12/h1-4,6,8,10,16-17,26H,5,7,9,11H2,(H,24,27)/t16-,17-/m1/s1. The molecule has 4 rings (SSSR count). The van der Waals surface area contributed by atoms with Crippen molar-refractivity contribution in [1.29, 1.82) is 0 Å². The van der Waals surface area contributed by atoms with Gasteiger partial charge in [0.15, 0.2) is 0 Å². The summed E-state index contributed by atoms with van der Waals surface area (Å²) in [5, 5.41) is 13.3. The van der Waals surface area contributed by atoms with Crippen LogP contribution in [0.2, 0.25) is 5.02 Å². The number of aliphatic hydroxyl groups excluding tert-OH is 1. The second-order valence-corrected chi connectivity index (χ2v) is 7.21. The minimum atomic E-state index is -0.755. The number of nitrogens with zero attached hydrogens (tertiary/aromatic N) is 2. The lowest BCUT2D eigenvalue weighted by molar-refractivity contribution is -0.0260. The highest BCUT2D eigenvalue weighted by Crippen LogP contribution is 2.27. The zero-order valence-electron chi connectivity index (χ0n) is 14.9. The Bertz CT molecular complexity index is 1020. The van der Waals surface area contributed by atoms with Crippen molar-refractivity contribution in [2.75, 3.05) is 13.2 Å². The van der Waals surface area contributed by atoms with Crippen LogP contribution in [-0.4, -0.2) is 45.9 Å². The van der Waals surface area contributed by atoms with Crippen molar-refractivity contribution >= 4 is 28.5 Å². The van der Waals surface area contributed by atoms with Crippen LogP contribution in [0.1, 0.15) is 22.3 Å². The van der Waals surface area contributed by atoms with Crippen molar-refractivity contribution in [2.24, 2.45) is 0 Å². The predicted molar refractivity (Wildman–Crippen MR) is 103 cm³/mol. The molecule has 1 saturated heterocycles. The topological polar surface area (TPSA) is 76.4 Å². The van der Waals surface area contributed by atoms with Crippen LogP contribution < -0.4 is 5.32 Å². The van der Waals surface area contributed by atoms with Gasteiger partial charge in [0.05, 0.1) is 34.9 Å². The van der Waals surface area contributed by atoms with Gasteiger partial charge < -0.3 is 19.7 Å². The van der Waals surface area contributed by atoms with Crippen molar-refractivity contribution in [3.05, 3.63) is 64.7 Å². The van der Waals surface area contributed by atoms with Gasteiger partial charge in [-0.15, -0.1) is 0 Å². The van der Waals surface area contributed by atoms with Gasteiger partial charge in [-0.1, -0.05) is 23.7 Å². The molecule has 2 atom stereocenters. The number of carbonyl (C=O) groups excluding carboxylic acids is 1. The molecular weight excluding hydrogens is 385 g/mol. The molecule has 28 heavy (non-hydrogen) atoms. The number of rotatable bonds is 4. The molecule has 0 unspecified atom stereocenters. The van der Waals surface area contributed by atoms with E-state index in [1.807, 2.05) is 0 Å². The molecule has 0 spiro atoms. The second-order valence-electron chi connectivity index (χ2n) is 6.80. The number of pyridine rings is 1. The Hall–Kier alpha value is -2.48. The SMILES string of the molecule is O=C(N[C@@H]1CCOC[C@H]1O)c1cn(Cc2cccc(F)c2)c2c(Cl)ccnc12. The molecule has 0 saturated carbocycles. The van der Waals surface area contributed by atoms with E-state index in [0.29, 0.717) is 41.2 Å². The Balaban J connectivity index is 1.69. The zero-order valence-corrected chi connectivity index (χ0v) is 15.7. The normalized spacial score (nSPS) is 19.7. The molecule has 2 aromatic heterocycles. The van der Waals surface area contributed by atoms with Crippen LogP contribution in [0.4, 0.5) is 4.39 Å². The minimum Gasteiger partial charge on any atom is -0.389 e. The van der Waals surface area contributed by atoms with Crippen molar-refractivity contribution in [1.82, 2.24) is 14.9 Å². The number of carbonyl (C=O) groups is 1. The van der Waals surface area contributed by atoms with Gasteiger partial charge in [0.1, 0.15) is 11.3 Å². The number of aromatic nitrogens is 2. The maximum atomic E-state index is 13.5. The summed E-state index contributed by atoms with van der Waals surface area (Å²) in [4.78, 5) is 17.2. The van der Waals surface area contributed by atoms with Crippen LogP contribution in [0.15, 0.2) is 42.7 Å². The molecule has 3 heterocycles. The summed E-state index contributed by atoms with van der Waals surface area (Å²) in [6.07, 6.45) is 2.98. The summed E-state index contributed by atoms with van der Waals surface area (Å²) in [6.45, 7) is 1.01. The van der Waals surface area contributed by atoms with Gasteiger partial charge in [0.25, 0.3) is 5.91 Å². The predicted octanol–water partition coefficient (Wildman–Crippen LogP) is 2.76. The van der Waals surface area contributed by atoms with Crippen LogP contribution in [0, 0.1) is 5.82 Å². The summed E-state index contributed by atoms with van der Waals surface area (Å²) >= 11 is 6.37. The summed E-state index contributed by atoms with van der Waals surface area (Å²) in [6, 6.07) is 7.52. The number of nitrogens with one attached hydrogen (secondary N) is 1. The van der Waals surface area contributed by atoms with Gasteiger partial charge in [-0.3, -0.25) is 9.78 Å². The van der Waals surface area contributed by atoms with Gasteiger partial charge >= 0.3 is 0 Å². The lowest BCUT2D eigenvalue weighted by atomic mass is 10.1. The molecule has 1 amide bonds. The first-order chi connectivity index (χ1) is 13.5. The van der Waals surface area contributed by atoms with Crippen molar-refractivity contribution in [3.63, 3.8) is 0 Å². The quantitative estimate of drug-likeness (QED) is 0.702. The third kappa shape index (κ3) is 3.73. The van der Waals surface area contributed by atoms with Gasteiger partial charge in [-0.05, 0) is 30.2 Å². The molecule has 1 aliphatic rings. The molecule has 1 aromatic carbocycles. The first-order valence-corrected chi connectivity index (χ1v) is 9.35. The highest BCUT2D eigenvalue weighted by molar-refractivity contribution is 6.35. The number of amides is 1. The first-order valence-electron chi connectivity index (χ1n) is 8.97. The van der Waals surface area contributed by atoms with Crippen molar-refractivity contribution < 1.29 is 19.0 Å². The van der Waals surface area contributed by atoms with Crippen molar-refractivity contribution in [3.8, 4) is 0 Å². The second kappa shape index (κ2) is 7.87. The summed E-state index contributed by atoms with van der Waals surface area (Å²) in [5.74, 6) is -0.673. The number of hydrogen-bond acceptors (Lipinski definition) is 4. The molecule has 0 aliphatic carbocycles. The fourth-order valence-corrected chi connectivity index (χ4v) is 3.70. The van der Waals surface area contributed by atoms with Gasteiger partial charge in [0.2, 0.25) is 0 Å². The summed E-state index contributed by atoms with van der Waals surface area (Å²) < 4.78 is 20.5. The number of ether oxygens (including phenoxy) is 1. The first kappa shape index (κ1) is 18.9. The number of halogens is 2. The molecule has 1 aliphatic heterocycles. The molecule has 0 radical (unpaired) electrons. The third-order valence-electron chi connectivity index (χ3n) is 4.83. The fourth-order valence-electron chi connectivity index (χ4n) is 3.44. The van der Waals surface area contributed by atoms with Gasteiger partial charge in [0, 0.05) is 25.5 Å². The maximum Gasteiger partial charge on any atom is 0.255 e. The number of aliphatic hydroxyl groups is 1. The fraction of sp³-hybridized carbons (Fsp3) is 0.300. The van der Waals surface area contributed by atoms with E-state index in [1.54, 1.807) is 29.0 Å². The van der Waals surface area contributed by atoms with E-state index in [1.165, 1.54) is 18.3 Å². The molecule has 8 heteroatoms. The monoisotopic (exact) mass is 403 g/mol. The average molecular weight is 404 g/mol. The molecule has 0 bridgehead atoms. The summed E-state index contributed by atoms with van der Waals surface area (Å²) in [7, 11) is 0. The Morgan fingerprint density at radius 2 is 2.29 bits per heavy atom. The summed E-state index contributed by atoms with van der Waals surface area (Å²) in [5.41, 5.74) is 2.16. The number of hydrogen-bond donors (Lipinski definition) is 2. The Morgan fingerprint density at radius 1 is 1.43 bits per heavy atom. The number of benzene rings is 1. The van der Waals surface area contributed by atoms with E-state index in [0.717, 1.165) is 5.56 Å². The van der Waals surface area contributed by atoms with E-state index in [-0.39, 0.29) is 24.4 Å². The largest absolute Gasteiger partial charge is 0.389 e. The molecule has 6 nitrogen and oxygen atoms in total. The molecular formula is C20H19ClFN3O3. The van der Waals surface area contributed by atoms with Crippen molar-refractivity contribution in [2.45, 2.75) is 25.1 Å². The van der Waals surface area contributed by atoms with E-state index in [2.05, 4.69) is 10.3 Å². The van der Waals surface area contributed by atoms with Crippen LogP contribution in [0.25, 0.3) is 11.0 Å². The van der Waals surface area contributed by atoms with E-state index < -0.39 is 6.10 Å². The highest BCUT2D eigenvalue weighted by atomic mass is 35.5. The van der Waals surface area contributed by atoms with Gasteiger partial charge in [-0.2, -0.15) is 0 Å².